The zero-order valence-electron chi connectivity index (χ0n) is 16.8. The molecule has 30 heavy (non-hydrogen) atoms. The Morgan fingerprint density at radius 2 is 2.13 bits per heavy atom. The fourth-order valence-corrected chi connectivity index (χ4v) is 4.06. The van der Waals surface area contributed by atoms with Gasteiger partial charge in [0.05, 0.1) is 11.4 Å². The first-order chi connectivity index (χ1) is 14.6. The van der Waals surface area contributed by atoms with Crippen LogP contribution in [0.3, 0.4) is 0 Å². The summed E-state index contributed by atoms with van der Waals surface area (Å²) in [5.41, 5.74) is 2.12. The molecule has 0 radical (unpaired) electrons. The number of aromatic nitrogens is 6. The second-order valence-corrected chi connectivity index (χ2v) is 7.64. The molecule has 0 aliphatic carbocycles. The molecule has 0 spiro atoms. The lowest BCUT2D eigenvalue weighted by Gasteiger charge is -2.41. The zero-order chi connectivity index (χ0) is 20.7. The first-order valence-corrected chi connectivity index (χ1v) is 9.90. The highest BCUT2D eigenvalue weighted by Crippen LogP contribution is 2.28. The second-order valence-electron chi connectivity index (χ2n) is 7.64. The highest BCUT2D eigenvalue weighted by molar-refractivity contribution is 5.87. The minimum Gasteiger partial charge on any atom is -0.354 e. The highest BCUT2D eigenvalue weighted by atomic mass is 16.7. The number of carbonyl (C=O) groups excluding carboxylic acids is 1. The molecule has 1 fully saturated rings. The molecular weight excluding hydrogens is 384 g/mol. The van der Waals surface area contributed by atoms with Crippen LogP contribution in [0.25, 0.3) is 22.1 Å². The van der Waals surface area contributed by atoms with E-state index < -0.39 is 6.09 Å². The molecule has 154 valence electrons. The molecule has 0 bridgehead atoms. The number of hydrogen-bond donors (Lipinski definition) is 1. The summed E-state index contributed by atoms with van der Waals surface area (Å²) in [5.74, 6) is 1.23. The number of hydrogen-bond acceptors (Lipinski definition) is 7. The van der Waals surface area contributed by atoms with Crippen LogP contribution in [0.5, 0.6) is 0 Å². The second kappa shape index (κ2) is 7.29. The van der Waals surface area contributed by atoms with Gasteiger partial charge in [-0.1, -0.05) is 23.9 Å². The molecule has 3 aromatic heterocycles. The number of amides is 1. The third kappa shape index (κ3) is 3.10. The van der Waals surface area contributed by atoms with Gasteiger partial charge in [-0.3, -0.25) is 4.84 Å². The monoisotopic (exact) mass is 406 g/mol. The van der Waals surface area contributed by atoms with E-state index in [1.54, 1.807) is 11.2 Å². The van der Waals surface area contributed by atoms with Crippen molar-refractivity contribution in [3.05, 3.63) is 42.9 Å². The van der Waals surface area contributed by atoms with E-state index in [0.29, 0.717) is 30.0 Å². The molecular formula is C20H22N8O2. The van der Waals surface area contributed by atoms with E-state index >= 15 is 0 Å². The average molecular weight is 406 g/mol. The Bertz CT molecular complexity index is 1200. The van der Waals surface area contributed by atoms with Crippen molar-refractivity contribution in [2.45, 2.75) is 19.4 Å². The minimum atomic E-state index is -0.439. The maximum atomic E-state index is 12.9. The first kappa shape index (κ1) is 18.3. The van der Waals surface area contributed by atoms with E-state index in [-0.39, 0.29) is 6.04 Å². The molecule has 1 aliphatic heterocycles. The molecule has 1 amide bonds. The fraction of sp³-hybridized carbons (Fsp3) is 0.350. The Kier molecular flexibility index (Phi) is 4.46. The number of anilines is 1. The SMILES string of the molecule is C[C@@H]1CCN(C(=O)On2nnc3ccccc32)C[C@@H]1N(C)c1ncnc2[nH]ccc12. The van der Waals surface area contributed by atoms with Crippen LogP contribution in [0.2, 0.25) is 0 Å². The lowest BCUT2D eigenvalue weighted by atomic mass is 9.92. The van der Waals surface area contributed by atoms with Gasteiger partial charge in [0, 0.05) is 26.3 Å². The van der Waals surface area contributed by atoms with Crippen molar-refractivity contribution in [3.63, 3.8) is 0 Å². The van der Waals surface area contributed by atoms with Crippen molar-refractivity contribution < 1.29 is 9.63 Å². The third-order valence-electron chi connectivity index (χ3n) is 5.83. The van der Waals surface area contributed by atoms with Crippen molar-refractivity contribution in [3.8, 4) is 0 Å². The number of aromatic amines is 1. The molecule has 10 heteroatoms. The van der Waals surface area contributed by atoms with Crippen molar-refractivity contribution >= 4 is 34.0 Å². The molecule has 5 rings (SSSR count). The summed E-state index contributed by atoms with van der Waals surface area (Å²) in [6.45, 7) is 3.35. The average Bonchev–Trinajstić information content (AvgIpc) is 3.41. The lowest BCUT2D eigenvalue weighted by molar-refractivity contribution is 0.0663. The molecule has 1 aliphatic rings. The summed E-state index contributed by atoms with van der Waals surface area (Å²) in [4.78, 5) is 35.3. The van der Waals surface area contributed by atoms with E-state index in [0.717, 1.165) is 23.3 Å². The predicted octanol–water partition coefficient (Wildman–Crippen LogP) is 2.10. The van der Waals surface area contributed by atoms with E-state index in [1.165, 1.54) is 4.85 Å². The molecule has 0 unspecified atom stereocenters. The van der Waals surface area contributed by atoms with Crippen molar-refractivity contribution in [2.24, 2.45) is 5.92 Å². The van der Waals surface area contributed by atoms with Gasteiger partial charge in [0.2, 0.25) is 0 Å². The summed E-state index contributed by atoms with van der Waals surface area (Å²) >= 11 is 0. The van der Waals surface area contributed by atoms with Gasteiger partial charge in [-0.25, -0.2) is 14.8 Å². The minimum absolute atomic E-state index is 0.0896. The number of likely N-dealkylation sites (tertiary alicyclic amines) is 1. The van der Waals surface area contributed by atoms with Crippen LogP contribution in [0.15, 0.2) is 42.9 Å². The van der Waals surface area contributed by atoms with Gasteiger partial charge in [0.15, 0.2) is 0 Å². The van der Waals surface area contributed by atoms with Crippen LogP contribution in [0, 0.1) is 5.92 Å². The van der Waals surface area contributed by atoms with E-state index in [9.17, 15) is 4.79 Å². The normalized spacial score (nSPS) is 19.3. The summed E-state index contributed by atoms with van der Waals surface area (Å²) in [6, 6.07) is 9.42. The Morgan fingerprint density at radius 1 is 1.27 bits per heavy atom. The molecule has 4 heterocycles. The molecule has 2 atom stereocenters. The Balaban J connectivity index is 1.35. The number of carbonyl (C=O) groups is 1. The van der Waals surface area contributed by atoms with E-state index in [1.807, 2.05) is 43.6 Å². The van der Waals surface area contributed by atoms with Crippen LogP contribution < -0.4 is 9.74 Å². The summed E-state index contributed by atoms with van der Waals surface area (Å²) in [7, 11) is 2.01. The topological polar surface area (TPSA) is 105 Å². The first-order valence-electron chi connectivity index (χ1n) is 9.90. The Hall–Kier alpha value is -3.69. The van der Waals surface area contributed by atoms with Gasteiger partial charge in [0.25, 0.3) is 0 Å². The van der Waals surface area contributed by atoms with Crippen LogP contribution >= 0.6 is 0 Å². The van der Waals surface area contributed by atoms with Gasteiger partial charge in [-0.2, -0.15) is 0 Å². The number of para-hydroxylation sites is 1. The largest absolute Gasteiger partial charge is 0.436 e. The molecule has 4 aromatic rings. The summed E-state index contributed by atoms with van der Waals surface area (Å²) < 4.78 is 0. The Labute approximate surface area is 172 Å². The number of fused-ring (bicyclic) bond motifs is 2. The lowest BCUT2D eigenvalue weighted by Crippen LogP contribution is -2.54. The van der Waals surface area contributed by atoms with Gasteiger partial charge in [-0.15, -0.1) is 5.10 Å². The van der Waals surface area contributed by atoms with Crippen LogP contribution in [-0.4, -0.2) is 67.3 Å². The molecule has 0 saturated carbocycles. The molecule has 10 nitrogen and oxygen atoms in total. The number of benzene rings is 1. The molecule has 1 N–H and O–H groups in total. The van der Waals surface area contributed by atoms with Crippen molar-refractivity contribution in [1.29, 1.82) is 0 Å². The summed E-state index contributed by atoms with van der Waals surface area (Å²) in [5, 5.41) is 8.93. The van der Waals surface area contributed by atoms with E-state index in [2.05, 4.69) is 37.1 Å². The number of likely N-dealkylation sites (N-methyl/N-ethyl adjacent to an activating group) is 1. The van der Waals surface area contributed by atoms with Crippen LogP contribution in [-0.2, 0) is 0 Å². The van der Waals surface area contributed by atoms with Gasteiger partial charge in [-0.05, 0) is 35.8 Å². The number of piperidine rings is 1. The standard InChI is InChI=1S/C20H22N8O2/c1-13-8-10-27(20(29)30-28-16-6-4-3-5-15(16)24-25-28)11-17(13)26(2)19-14-7-9-21-18(14)22-12-23-19/h3-7,9,12-13,17H,8,10-11H2,1-2H3,(H,21,22,23)/t13-,17+/m1/s1. The number of H-pyrrole nitrogens is 1. The van der Waals surface area contributed by atoms with Crippen LogP contribution in [0.4, 0.5) is 10.6 Å². The maximum absolute atomic E-state index is 12.9. The van der Waals surface area contributed by atoms with Crippen molar-refractivity contribution in [2.75, 3.05) is 25.0 Å². The maximum Gasteiger partial charge on any atom is 0.436 e. The smallest absolute Gasteiger partial charge is 0.354 e. The quantitative estimate of drug-likeness (QED) is 0.520. The predicted molar refractivity (Wildman–Crippen MR) is 111 cm³/mol. The van der Waals surface area contributed by atoms with Crippen molar-refractivity contribution in [1.82, 2.24) is 35.0 Å². The number of rotatable bonds is 3. The molecule has 1 aromatic carbocycles. The van der Waals surface area contributed by atoms with Gasteiger partial charge < -0.3 is 14.8 Å². The van der Waals surface area contributed by atoms with Crippen LogP contribution in [0.1, 0.15) is 13.3 Å². The third-order valence-corrected chi connectivity index (χ3v) is 5.83. The molecule has 1 saturated heterocycles. The summed E-state index contributed by atoms with van der Waals surface area (Å²) in [6.07, 6.45) is 3.84. The highest BCUT2D eigenvalue weighted by Gasteiger charge is 2.34. The van der Waals surface area contributed by atoms with E-state index in [4.69, 9.17) is 4.84 Å². The Morgan fingerprint density at radius 3 is 3.03 bits per heavy atom. The van der Waals surface area contributed by atoms with Gasteiger partial charge >= 0.3 is 6.09 Å². The number of nitrogens with one attached hydrogen (secondary N) is 1. The number of nitrogens with zero attached hydrogens (tertiary/aromatic N) is 7. The fourth-order valence-electron chi connectivity index (χ4n) is 4.06. The zero-order valence-corrected chi connectivity index (χ0v) is 16.8. The van der Waals surface area contributed by atoms with Gasteiger partial charge in [0.1, 0.15) is 28.8 Å².